The number of nitrogens with zero attached hydrogens (tertiary/aromatic N) is 2. The van der Waals surface area contributed by atoms with E-state index in [1.165, 1.54) is 6.07 Å². The van der Waals surface area contributed by atoms with Crippen LogP contribution >= 0.6 is 0 Å². The first-order chi connectivity index (χ1) is 10.8. The van der Waals surface area contributed by atoms with Gasteiger partial charge in [0.15, 0.2) is 6.29 Å². The summed E-state index contributed by atoms with van der Waals surface area (Å²) in [5, 5.41) is 0. The number of aldehydes is 1. The number of ether oxygens (including phenoxy) is 1. The third-order valence-electron chi connectivity index (χ3n) is 3.90. The molecular weight excluding hydrogens is 296 g/mol. The Bertz CT molecular complexity index is 622. The van der Waals surface area contributed by atoms with E-state index in [-0.39, 0.29) is 17.2 Å². The zero-order valence-corrected chi connectivity index (χ0v) is 13.9. The van der Waals surface area contributed by atoms with Crippen molar-refractivity contribution in [2.45, 2.75) is 45.8 Å². The molecule has 2 rings (SSSR count). The SMILES string of the molecule is CC(C)(C)OC(=O)N1CCC(Cn2cccc(C=O)c2=O)CC1. The van der Waals surface area contributed by atoms with Crippen LogP contribution in [0.25, 0.3) is 0 Å². The monoisotopic (exact) mass is 320 g/mol. The molecule has 0 saturated carbocycles. The van der Waals surface area contributed by atoms with E-state index in [0.717, 1.165) is 12.8 Å². The molecule has 0 aromatic carbocycles. The average molecular weight is 320 g/mol. The van der Waals surface area contributed by atoms with Crippen molar-refractivity contribution in [3.8, 4) is 0 Å². The fourth-order valence-electron chi connectivity index (χ4n) is 2.69. The van der Waals surface area contributed by atoms with Crippen molar-refractivity contribution in [2.24, 2.45) is 5.92 Å². The molecule has 1 aliphatic rings. The lowest BCUT2D eigenvalue weighted by atomic mass is 9.97. The molecule has 0 spiro atoms. The summed E-state index contributed by atoms with van der Waals surface area (Å²) in [6, 6.07) is 3.23. The highest BCUT2D eigenvalue weighted by molar-refractivity contribution is 5.73. The predicted octanol–water partition coefficient (Wildman–Crippen LogP) is 2.31. The standard InChI is InChI=1S/C17H24N2O4/c1-17(2,3)23-16(22)18-9-6-13(7-10-18)11-19-8-4-5-14(12-20)15(19)21/h4-5,8,12-13H,6-7,9-11H2,1-3H3. The van der Waals surface area contributed by atoms with E-state index in [9.17, 15) is 14.4 Å². The number of hydrogen-bond acceptors (Lipinski definition) is 4. The summed E-state index contributed by atoms with van der Waals surface area (Å²) in [6.45, 7) is 7.38. The third-order valence-corrected chi connectivity index (χ3v) is 3.90. The number of aromatic nitrogens is 1. The average Bonchev–Trinajstić information content (AvgIpc) is 2.48. The molecule has 0 unspecified atom stereocenters. The lowest BCUT2D eigenvalue weighted by Gasteiger charge is -2.33. The van der Waals surface area contributed by atoms with E-state index in [4.69, 9.17) is 4.74 Å². The third kappa shape index (κ3) is 4.68. The first kappa shape index (κ1) is 17.2. The van der Waals surface area contributed by atoms with E-state index in [0.29, 0.717) is 31.8 Å². The number of amides is 1. The van der Waals surface area contributed by atoms with E-state index < -0.39 is 5.60 Å². The van der Waals surface area contributed by atoms with Crippen molar-refractivity contribution < 1.29 is 14.3 Å². The number of likely N-dealkylation sites (tertiary alicyclic amines) is 1. The first-order valence-electron chi connectivity index (χ1n) is 7.93. The maximum atomic E-state index is 12.1. The molecule has 6 heteroatoms. The molecule has 23 heavy (non-hydrogen) atoms. The highest BCUT2D eigenvalue weighted by Gasteiger charge is 2.27. The van der Waals surface area contributed by atoms with Gasteiger partial charge in [0.2, 0.25) is 0 Å². The number of hydrogen-bond donors (Lipinski definition) is 0. The Hall–Kier alpha value is -2.11. The van der Waals surface area contributed by atoms with E-state index in [1.807, 2.05) is 20.8 Å². The van der Waals surface area contributed by atoms with Gasteiger partial charge < -0.3 is 14.2 Å². The molecule has 126 valence electrons. The van der Waals surface area contributed by atoms with Gasteiger partial charge in [0, 0.05) is 25.8 Å². The number of piperidine rings is 1. The summed E-state index contributed by atoms with van der Waals surface area (Å²) in [7, 11) is 0. The smallest absolute Gasteiger partial charge is 0.410 e. The highest BCUT2D eigenvalue weighted by Crippen LogP contribution is 2.20. The second-order valence-corrected chi connectivity index (χ2v) is 6.95. The minimum absolute atomic E-state index is 0.179. The second kappa shape index (κ2) is 6.98. The summed E-state index contributed by atoms with van der Waals surface area (Å²) in [4.78, 5) is 36.6. The number of pyridine rings is 1. The van der Waals surface area contributed by atoms with Gasteiger partial charge in [-0.3, -0.25) is 9.59 Å². The maximum Gasteiger partial charge on any atom is 0.410 e. The molecule has 1 aromatic rings. The minimum Gasteiger partial charge on any atom is -0.444 e. The zero-order valence-electron chi connectivity index (χ0n) is 13.9. The first-order valence-corrected chi connectivity index (χ1v) is 7.93. The largest absolute Gasteiger partial charge is 0.444 e. The molecule has 1 amide bonds. The van der Waals surface area contributed by atoms with E-state index >= 15 is 0 Å². The Morgan fingerprint density at radius 1 is 1.35 bits per heavy atom. The molecule has 6 nitrogen and oxygen atoms in total. The van der Waals surface area contributed by atoms with Crippen molar-refractivity contribution in [2.75, 3.05) is 13.1 Å². The van der Waals surface area contributed by atoms with Crippen LogP contribution in [0.5, 0.6) is 0 Å². The van der Waals surface area contributed by atoms with Gasteiger partial charge in [0.25, 0.3) is 5.56 Å². The summed E-state index contributed by atoms with van der Waals surface area (Å²) in [6.07, 6.45) is 3.64. The minimum atomic E-state index is -0.490. The molecular formula is C17H24N2O4. The van der Waals surface area contributed by atoms with Gasteiger partial charge in [-0.1, -0.05) is 0 Å². The Morgan fingerprint density at radius 2 is 2.00 bits per heavy atom. The lowest BCUT2D eigenvalue weighted by Crippen LogP contribution is -2.42. The number of carbonyl (C=O) groups is 2. The van der Waals surface area contributed by atoms with Crippen LogP contribution in [0.2, 0.25) is 0 Å². The van der Waals surface area contributed by atoms with Crippen LogP contribution in [0.3, 0.4) is 0 Å². The van der Waals surface area contributed by atoms with E-state index in [1.54, 1.807) is 21.7 Å². The molecule has 1 fully saturated rings. The predicted molar refractivity (Wildman–Crippen MR) is 86.6 cm³/mol. The van der Waals surface area contributed by atoms with Crippen LogP contribution < -0.4 is 5.56 Å². The molecule has 0 radical (unpaired) electrons. The van der Waals surface area contributed by atoms with Gasteiger partial charge in [-0.2, -0.15) is 0 Å². The Morgan fingerprint density at radius 3 is 2.57 bits per heavy atom. The van der Waals surface area contributed by atoms with Crippen molar-refractivity contribution in [1.82, 2.24) is 9.47 Å². The highest BCUT2D eigenvalue weighted by atomic mass is 16.6. The summed E-state index contributed by atoms with van der Waals surface area (Å²) in [5.41, 5.74) is -0.563. The van der Waals surface area contributed by atoms with Gasteiger partial charge in [0.1, 0.15) is 5.60 Å². The molecule has 1 aliphatic heterocycles. The second-order valence-electron chi connectivity index (χ2n) is 6.95. The zero-order chi connectivity index (χ0) is 17.0. The van der Waals surface area contributed by atoms with Crippen molar-refractivity contribution in [3.63, 3.8) is 0 Å². The van der Waals surface area contributed by atoms with Gasteiger partial charge in [-0.05, 0) is 51.7 Å². The van der Waals surface area contributed by atoms with Gasteiger partial charge in [0.05, 0.1) is 5.56 Å². The normalized spacial score (nSPS) is 16.2. The Balaban J connectivity index is 1.92. The van der Waals surface area contributed by atoms with Crippen LogP contribution in [0.1, 0.15) is 44.0 Å². The van der Waals surface area contributed by atoms with Crippen LogP contribution in [0.15, 0.2) is 23.1 Å². The fourth-order valence-corrected chi connectivity index (χ4v) is 2.69. The molecule has 1 aromatic heterocycles. The van der Waals surface area contributed by atoms with Crippen LogP contribution in [0.4, 0.5) is 4.79 Å². The molecule has 2 heterocycles. The topological polar surface area (TPSA) is 68.6 Å². The summed E-state index contributed by atoms with van der Waals surface area (Å²) < 4.78 is 6.95. The fraction of sp³-hybridized carbons (Fsp3) is 0.588. The lowest BCUT2D eigenvalue weighted by molar-refractivity contribution is 0.0178. The maximum absolute atomic E-state index is 12.1. The van der Waals surface area contributed by atoms with Crippen molar-refractivity contribution in [3.05, 3.63) is 34.2 Å². The molecule has 0 bridgehead atoms. The van der Waals surface area contributed by atoms with Gasteiger partial charge in [-0.15, -0.1) is 0 Å². The Kier molecular flexibility index (Phi) is 5.23. The van der Waals surface area contributed by atoms with Crippen LogP contribution in [-0.4, -0.2) is 40.5 Å². The summed E-state index contributed by atoms with van der Waals surface area (Å²) in [5.74, 6) is 0.313. The Labute approximate surface area is 136 Å². The number of rotatable bonds is 3. The van der Waals surface area contributed by atoms with Gasteiger partial charge in [-0.25, -0.2) is 4.79 Å². The van der Waals surface area contributed by atoms with Crippen LogP contribution in [-0.2, 0) is 11.3 Å². The van der Waals surface area contributed by atoms with E-state index in [2.05, 4.69) is 0 Å². The molecule has 0 aliphatic carbocycles. The van der Waals surface area contributed by atoms with Crippen LogP contribution in [0, 0.1) is 5.92 Å². The summed E-state index contributed by atoms with van der Waals surface area (Å²) >= 11 is 0. The molecule has 1 saturated heterocycles. The van der Waals surface area contributed by atoms with Crippen molar-refractivity contribution >= 4 is 12.4 Å². The number of carbonyl (C=O) groups excluding carboxylic acids is 2. The molecule has 0 N–H and O–H groups in total. The molecule has 0 atom stereocenters. The van der Waals surface area contributed by atoms with Gasteiger partial charge >= 0.3 is 6.09 Å². The quantitative estimate of drug-likeness (QED) is 0.802. The van der Waals surface area contributed by atoms with Crippen molar-refractivity contribution in [1.29, 1.82) is 0 Å².